The number of sulfonamides is 1. The lowest BCUT2D eigenvalue weighted by atomic mass is 10.1. The number of rotatable bonds is 13. The topological polar surface area (TPSA) is 150 Å². The molecule has 12 nitrogen and oxygen atoms in total. The molecule has 0 aliphatic carbocycles. The number of anilines is 1. The fraction of sp³-hybridized carbons (Fsp3) is 0.357. The Balaban J connectivity index is 1.93. The highest BCUT2D eigenvalue weighted by Crippen LogP contribution is 2.39. The molecule has 0 aliphatic heterocycles. The Morgan fingerprint density at radius 3 is 2.37 bits per heavy atom. The Bertz CT molecular complexity index is 1680. The molecule has 15 heteroatoms. The third-order valence-electron chi connectivity index (χ3n) is 6.76. The van der Waals surface area contributed by atoms with Crippen molar-refractivity contribution < 1.29 is 32.2 Å². The van der Waals surface area contributed by atoms with Gasteiger partial charge in [-0.15, -0.1) is 10.2 Å². The van der Waals surface area contributed by atoms with Gasteiger partial charge in [0, 0.05) is 27.2 Å². The molecule has 1 N–H and O–H groups in total. The second-order valence-electron chi connectivity index (χ2n) is 11.0. The zero-order valence-corrected chi connectivity index (χ0v) is 27.3. The average Bonchev–Trinajstić information content (AvgIpc) is 3.63. The molecular weight excluding hydrogens is 614 g/mol. The molecule has 230 valence electrons. The number of carboxylic acids is 1. The molecular formula is C28H34ClN5O7SSi. The van der Waals surface area contributed by atoms with E-state index >= 15 is 0 Å². The van der Waals surface area contributed by atoms with Crippen LogP contribution in [0, 0.1) is 0 Å². The number of hydrogen-bond donors (Lipinski definition) is 1. The molecule has 0 radical (unpaired) electrons. The molecule has 0 amide bonds. The second kappa shape index (κ2) is 12.8. The molecule has 3 heterocycles. The van der Waals surface area contributed by atoms with E-state index in [9.17, 15) is 18.3 Å². The molecule has 4 rings (SSSR count). The molecule has 0 fully saturated rings. The van der Waals surface area contributed by atoms with Gasteiger partial charge >= 0.3 is 5.97 Å². The Hall–Kier alpha value is -3.88. The molecule has 0 bridgehead atoms. The van der Waals surface area contributed by atoms with Crippen molar-refractivity contribution in [3.05, 3.63) is 65.1 Å². The standard InChI is InChI=1S/C28H34ClN5O7SSi/c1-18(15-21-20(27(35)36)16-19(29)17-30-21)42(37,38)33(12-14-43(4,5)6)28-32-31-26(24-11-8-13-41-24)34(28)25-22(39-2)9-7-10-23(25)40-3/h7-11,13,16-18H,12,14-15H2,1-6H3,(H,35,36)/t18-/m1/s1. The Labute approximate surface area is 256 Å². The normalized spacial score (nSPS) is 12.6. The monoisotopic (exact) mass is 647 g/mol. The van der Waals surface area contributed by atoms with Crippen LogP contribution in [0.25, 0.3) is 17.3 Å². The first kappa shape index (κ1) is 32.0. The summed E-state index contributed by atoms with van der Waals surface area (Å²) in [5.41, 5.74) is 0.319. The number of halogens is 1. The molecule has 0 saturated carbocycles. The van der Waals surface area contributed by atoms with Gasteiger partial charge in [-0.3, -0.25) is 9.55 Å². The SMILES string of the molecule is COc1cccc(OC)c1-n1c(-c2ccco2)nnc1N(CC[Si](C)(C)C)S(=O)(=O)[C@H](C)Cc1ncc(Cl)cc1C(=O)O. The molecule has 0 unspecified atom stereocenters. The average molecular weight is 648 g/mol. The van der Waals surface area contributed by atoms with Crippen LogP contribution in [0.4, 0.5) is 5.95 Å². The van der Waals surface area contributed by atoms with Crippen molar-refractivity contribution in [2.24, 2.45) is 0 Å². The highest BCUT2D eigenvalue weighted by molar-refractivity contribution is 7.93. The van der Waals surface area contributed by atoms with Crippen LogP contribution in [0.5, 0.6) is 11.5 Å². The van der Waals surface area contributed by atoms with Crippen molar-refractivity contribution in [2.45, 2.75) is 44.3 Å². The van der Waals surface area contributed by atoms with Crippen molar-refractivity contribution in [2.75, 3.05) is 25.1 Å². The number of hydrogen-bond acceptors (Lipinski definition) is 9. The molecule has 1 atom stereocenters. The molecule has 0 aliphatic rings. The third-order valence-corrected chi connectivity index (χ3v) is 10.8. The zero-order chi connectivity index (χ0) is 31.5. The summed E-state index contributed by atoms with van der Waals surface area (Å²) >= 11 is 5.98. The summed E-state index contributed by atoms with van der Waals surface area (Å²) in [5, 5.41) is 17.5. The van der Waals surface area contributed by atoms with Gasteiger partial charge in [-0.2, -0.15) is 0 Å². The first-order valence-corrected chi connectivity index (χ1v) is 19.0. The van der Waals surface area contributed by atoms with Crippen LogP contribution in [-0.2, 0) is 16.4 Å². The minimum absolute atomic E-state index is 0.00169. The molecule has 4 aromatic rings. The lowest BCUT2D eigenvalue weighted by Crippen LogP contribution is -2.43. The van der Waals surface area contributed by atoms with Crippen molar-refractivity contribution in [3.63, 3.8) is 0 Å². The van der Waals surface area contributed by atoms with Crippen LogP contribution in [0.15, 0.2) is 53.3 Å². The number of aromatic nitrogens is 4. The lowest BCUT2D eigenvalue weighted by molar-refractivity contribution is 0.0695. The Morgan fingerprint density at radius 1 is 1.14 bits per heavy atom. The van der Waals surface area contributed by atoms with Gasteiger partial charge in [0.25, 0.3) is 0 Å². The molecule has 0 saturated heterocycles. The van der Waals surface area contributed by atoms with E-state index < -0.39 is 29.3 Å². The molecule has 43 heavy (non-hydrogen) atoms. The minimum atomic E-state index is -4.20. The maximum atomic E-state index is 14.5. The van der Waals surface area contributed by atoms with E-state index in [1.807, 2.05) is 0 Å². The summed E-state index contributed by atoms with van der Waals surface area (Å²) in [5.74, 6) is 0.105. The number of ether oxygens (including phenoxy) is 2. The summed E-state index contributed by atoms with van der Waals surface area (Å²) in [6.07, 6.45) is 2.60. The number of carbonyl (C=O) groups is 1. The number of para-hydroxylation sites is 1. The quantitative estimate of drug-likeness (QED) is 0.187. The van der Waals surface area contributed by atoms with Crippen molar-refractivity contribution in [3.8, 4) is 28.8 Å². The van der Waals surface area contributed by atoms with E-state index in [1.165, 1.54) is 44.0 Å². The number of carboxylic acid groups (broad SMARTS) is 1. The fourth-order valence-electron chi connectivity index (χ4n) is 4.45. The summed E-state index contributed by atoms with van der Waals surface area (Å²) in [6.45, 7) is 8.04. The maximum Gasteiger partial charge on any atom is 0.337 e. The van der Waals surface area contributed by atoms with E-state index in [1.54, 1.807) is 34.9 Å². The highest BCUT2D eigenvalue weighted by Gasteiger charge is 2.37. The van der Waals surface area contributed by atoms with Crippen LogP contribution >= 0.6 is 11.6 Å². The zero-order valence-electron chi connectivity index (χ0n) is 24.7. The van der Waals surface area contributed by atoms with Gasteiger partial charge in [0.05, 0.1) is 42.0 Å². The van der Waals surface area contributed by atoms with Gasteiger partial charge in [-0.1, -0.05) is 37.3 Å². The third kappa shape index (κ3) is 6.86. The number of aromatic carboxylic acids is 1. The highest BCUT2D eigenvalue weighted by atomic mass is 35.5. The van der Waals surface area contributed by atoms with E-state index in [0.717, 1.165) is 0 Å². The molecule has 0 spiro atoms. The largest absolute Gasteiger partial charge is 0.494 e. The Kier molecular flexibility index (Phi) is 9.52. The van der Waals surface area contributed by atoms with E-state index in [4.69, 9.17) is 25.5 Å². The van der Waals surface area contributed by atoms with E-state index in [0.29, 0.717) is 29.0 Å². The second-order valence-corrected chi connectivity index (χ2v) is 19.4. The van der Waals surface area contributed by atoms with E-state index in [-0.39, 0.29) is 41.0 Å². The van der Waals surface area contributed by atoms with Crippen LogP contribution in [0.2, 0.25) is 30.7 Å². The number of methoxy groups -OCH3 is 2. The Morgan fingerprint density at radius 2 is 1.81 bits per heavy atom. The predicted octanol–water partition coefficient (Wildman–Crippen LogP) is 5.40. The van der Waals surface area contributed by atoms with Gasteiger partial charge in [-0.05, 0) is 43.3 Å². The maximum absolute atomic E-state index is 14.5. The summed E-state index contributed by atoms with van der Waals surface area (Å²) in [6, 6.07) is 10.4. The number of pyridine rings is 1. The summed E-state index contributed by atoms with van der Waals surface area (Å²) in [4.78, 5) is 16.1. The van der Waals surface area contributed by atoms with Gasteiger partial charge in [-0.25, -0.2) is 17.5 Å². The van der Waals surface area contributed by atoms with Gasteiger partial charge in [0.2, 0.25) is 21.8 Å². The van der Waals surface area contributed by atoms with Crippen LogP contribution in [-0.4, -0.2) is 73.3 Å². The van der Waals surface area contributed by atoms with Crippen molar-refractivity contribution in [1.29, 1.82) is 0 Å². The van der Waals surface area contributed by atoms with Gasteiger partial charge in [0.15, 0.2) is 5.76 Å². The predicted molar refractivity (Wildman–Crippen MR) is 166 cm³/mol. The number of benzene rings is 1. The lowest BCUT2D eigenvalue weighted by Gasteiger charge is -2.29. The van der Waals surface area contributed by atoms with Gasteiger partial charge < -0.3 is 19.0 Å². The smallest absolute Gasteiger partial charge is 0.337 e. The van der Waals surface area contributed by atoms with Crippen LogP contribution in [0.3, 0.4) is 0 Å². The number of nitrogens with zero attached hydrogens (tertiary/aromatic N) is 5. The van der Waals surface area contributed by atoms with E-state index in [2.05, 4.69) is 34.8 Å². The van der Waals surface area contributed by atoms with Crippen molar-refractivity contribution >= 4 is 41.6 Å². The first-order chi connectivity index (χ1) is 20.3. The van der Waals surface area contributed by atoms with Crippen LogP contribution < -0.4 is 13.8 Å². The minimum Gasteiger partial charge on any atom is -0.494 e. The first-order valence-electron chi connectivity index (χ1n) is 13.4. The van der Waals surface area contributed by atoms with Gasteiger partial charge in [0.1, 0.15) is 17.2 Å². The van der Waals surface area contributed by atoms with Crippen molar-refractivity contribution in [1.82, 2.24) is 19.7 Å². The molecule has 1 aromatic carbocycles. The summed E-state index contributed by atoms with van der Waals surface area (Å²) in [7, 11) is -2.99. The van der Waals surface area contributed by atoms with Crippen LogP contribution in [0.1, 0.15) is 23.0 Å². The fourth-order valence-corrected chi connectivity index (χ4v) is 7.16. The number of furan rings is 1. The summed E-state index contributed by atoms with van der Waals surface area (Å²) < 4.78 is 48.7. The molecule has 3 aromatic heterocycles.